The molecule has 14 heavy (non-hydrogen) atoms. The Kier molecular flexibility index (Phi) is 4.03. The highest BCUT2D eigenvalue weighted by atomic mass is 16.3. The SMILES string of the molecule is C#CC(CC)NCc1cccc(O)c1. The van der Waals surface area contributed by atoms with Gasteiger partial charge in [-0.25, -0.2) is 0 Å². The van der Waals surface area contributed by atoms with Crippen molar-refractivity contribution < 1.29 is 5.11 Å². The van der Waals surface area contributed by atoms with E-state index in [4.69, 9.17) is 6.42 Å². The summed E-state index contributed by atoms with van der Waals surface area (Å²) < 4.78 is 0. The molecule has 0 radical (unpaired) electrons. The molecule has 0 aliphatic heterocycles. The molecule has 0 spiro atoms. The minimum Gasteiger partial charge on any atom is -0.508 e. The van der Waals surface area contributed by atoms with Crippen LogP contribution in [-0.2, 0) is 6.54 Å². The first kappa shape index (κ1) is 10.6. The number of terminal acetylenes is 1. The maximum Gasteiger partial charge on any atom is 0.115 e. The fourth-order valence-corrected chi connectivity index (χ4v) is 1.23. The quantitative estimate of drug-likeness (QED) is 0.709. The van der Waals surface area contributed by atoms with Gasteiger partial charge in [0, 0.05) is 6.54 Å². The summed E-state index contributed by atoms with van der Waals surface area (Å²) in [7, 11) is 0. The zero-order valence-corrected chi connectivity index (χ0v) is 8.33. The fraction of sp³-hybridized carbons (Fsp3) is 0.333. The van der Waals surface area contributed by atoms with Crippen LogP contribution in [0.25, 0.3) is 0 Å². The molecule has 0 saturated carbocycles. The molecule has 0 aliphatic carbocycles. The molecule has 74 valence electrons. The smallest absolute Gasteiger partial charge is 0.115 e. The molecule has 1 atom stereocenters. The molecule has 0 fully saturated rings. The Morgan fingerprint density at radius 3 is 2.93 bits per heavy atom. The van der Waals surface area contributed by atoms with Gasteiger partial charge in [0.2, 0.25) is 0 Å². The summed E-state index contributed by atoms with van der Waals surface area (Å²) in [5.41, 5.74) is 1.04. The van der Waals surface area contributed by atoms with Gasteiger partial charge >= 0.3 is 0 Å². The van der Waals surface area contributed by atoms with E-state index in [2.05, 4.69) is 11.2 Å². The van der Waals surface area contributed by atoms with Crippen LogP contribution in [0.5, 0.6) is 5.75 Å². The number of phenols is 1. The Bertz CT molecular complexity index is 327. The van der Waals surface area contributed by atoms with E-state index in [0.717, 1.165) is 12.0 Å². The molecule has 0 bridgehead atoms. The van der Waals surface area contributed by atoms with E-state index in [-0.39, 0.29) is 11.8 Å². The molecule has 1 unspecified atom stereocenters. The van der Waals surface area contributed by atoms with Crippen LogP contribution in [0.2, 0.25) is 0 Å². The van der Waals surface area contributed by atoms with Crippen LogP contribution >= 0.6 is 0 Å². The lowest BCUT2D eigenvalue weighted by atomic mass is 10.2. The van der Waals surface area contributed by atoms with Gasteiger partial charge in [-0.1, -0.05) is 25.0 Å². The number of hydrogen-bond donors (Lipinski definition) is 2. The summed E-state index contributed by atoms with van der Waals surface area (Å²) in [4.78, 5) is 0. The van der Waals surface area contributed by atoms with Crippen LogP contribution in [0.15, 0.2) is 24.3 Å². The maximum atomic E-state index is 9.22. The van der Waals surface area contributed by atoms with E-state index in [1.165, 1.54) is 0 Å². The summed E-state index contributed by atoms with van der Waals surface area (Å²) in [6, 6.07) is 7.27. The topological polar surface area (TPSA) is 32.3 Å². The lowest BCUT2D eigenvalue weighted by Crippen LogP contribution is -2.25. The van der Waals surface area contributed by atoms with Crippen molar-refractivity contribution in [1.82, 2.24) is 5.32 Å². The molecule has 0 amide bonds. The maximum absolute atomic E-state index is 9.22. The molecule has 0 aromatic heterocycles. The molecular weight excluding hydrogens is 174 g/mol. The van der Waals surface area contributed by atoms with Crippen LogP contribution in [0.1, 0.15) is 18.9 Å². The molecule has 2 N–H and O–H groups in total. The van der Waals surface area contributed by atoms with Crippen LogP contribution in [0.3, 0.4) is 0 Å². The second-order valence-corrected chi connectivity index (χ2v) is 3.18. The summed E-state index contributed by atoms with van der Waals surface area (Å²) in [5.74, 6) is 2.95. The molecule has 1 aromatic carbocycles. The lowest BCUT2D eigenvalue weighted by Gasteiger charge is -2.10. The highest BCUT2D eigenvalue weighted by Crippen LogP contribution is 2.10. The highest BCUT2D eigenvalue weighted by molar-refractivity contribution is 5.27. The van der Waals surface area contributed by atoms with Crippen molar-refractivity contribution in [2.45, 2.75) is 25.9 Å². The molecule has 2 nitrogen and oxygen atoms in total. The Morgan fingerprint density at radius 1 is 1.57 bits per heavy atom. The minimum atomic E-state index is 0.109. The molecule has 1 rings (SSSR count). The molecule has 2 heteroatoms. The monoisotopic (exact) mass is 189 g/mol. The van der Waals surface area contributed by atoms with Gasteiger partial charge in [0.1, 0.15) is 5.75 Å². The van der Waals surface area contributed by atoms with E-state index >= 15 is 0 Å². The third kappa shape index (κ3) is 3.12. The van der Waals surface area contributed by atoms with E-state index in [1.54, 1.807) is 12.1 Å². The average Bonchev–Trinajstić information content (AvgIpc) is 2.19. The van der Waals surface area contributed by atoms with Gasteiger partial charge in [-0.3, -0.25) is 5.32 Å². The zero-order chi connectivity index (χ0) is 10.4. The number of nitrogens with one attached hydrogen (secondary N) is 1. The Hall–Kier alpha value is -1.46. The van der Waals surface area contributed by atoms with Crippen molar-refractivity contribution in [3.63, 3.8) is 0 Å². The number of phenolic OH excluding ortho intramolecular Hbond substituents is 1. The fourth-order valence-electron chi connectivity index (χ4n) is 1.23. The second kappa shape index (κ2) is 5.31. The largest absolute Gasteiger partial charge is 0.508 e. The number of benzene rings is 1. The molecule has 0 aliphatic rings. The summed E-state index contributed by atoms with van der Waals surface area (Å²) in [5, 5.41) is 12.4. The van der Waals surface area contributed by atoms with E-state index in [9.17, 15) is 5.11 Å². The van der Waals surface area contributed by atoms with Gasteiger partial charge in [-0.15, -0.1) is 6.42 Å². The van der Waals surface area contributed by atoms with Crippen molar-refractivity contribution in [2.24, 2.45) is 0 Å². The van der Waals surface area contributed by atoms with Crippen LogP contribution < -0.4 is 5.32 Å². The van der Waals surface area contributed by atoms with E-state index < -0.39 is 0 Å². The van der Waals surface area contributed by atoms with E-state index in [1.807, 2.05) is 19.1 Å². The Labute approximate surface area is 85.0 Å². The van der Waals surface area contributed by atoms with Gasteiger partial charge in [-0.2, -0.15) is 0 Å². The van der Waals surface area contributed by atoms with Crippen LogP contribution in [-0.4, -0.2) is 11.1 Å². The van der Waals surface area contributed by atoms with Gasteiger partial charge in [-0.05, 0) is 24.1 Å². The van der Waals surface area contributed by atoms with Crippen molar-refractivity contribution in [2.75, 3.05) is 0 Å². The number of rotatable bonds is 4. The Balaban J connectivity index is 2.50. The predicted molar refractivity (Wildman–Crippen MR) is 57.9 cm³/mol. The highest BCUT2D eigenvalue weighted by Gasteiger charge is 2.00. The van der Waals surface area contributed by atoms with Crippen molar-refractivity contribution in [3.05, 3.63) is 29.8 Å². The number of aromatic hydroxyl groups is 1. The van der Waals surface area contributed by atoms with Crippen LogP contribution in [0.4, 0.5) is 0 Å². The summed E-state index contributed by atoms with van der Waals surface area (Å²) in [6.45, 7) is 2.73. The third-order valence-corrected chi connectivity index (χ3v) is 2.07. The Morgan fingerprint density at radius 2 is 2.36 bits per heavy atom. The third-order valence-electron chi connectivity index (χ3n) is 2.07. The standard InChI is InChI=1S/C12H15NO/c1-3-11(4-2)13-9-10-6-5-7-12(14)8-10/h1,5-8,11,13-14H,4,9H2,2H3. The van der Waals surface area contributed by atoms with Crippen molar-refractivity contribution in [3.8, 4) is 18.1 Å². The molecule has 0 heterocycles. The first-order valence-corrected chi connectivity index (χ1v) is 4.73. The first-order chi connectivity index (χ1) is 6.76. The van der Waals surface area contributed by atoms with E-state index in [0.29, 0.717) is 6.54 Å². The van der Waals surface area contributed by atoms with Crippen molar-refractivity contribution >= 4 is 0 Å². The second-order valence-electron chi connectivity index (χ2n) is 3.18. The van der Waals surface area contributed by atoms with Gasteiger partial charge < -0.3 is 5.11 Å². The van der Waals surface area contributed by atoms with Gasteiger partial charge in [0.15, 0.2) is 0 Å². The average molecular weight is 189 g/mol. The molecular formula is C12H15NO. The van der Waals surface area contributed by atoms with Gasteiger partial charge in [0.05, 0.1) is 6.04 Å². The number of hydrogen-bond acceptors (Lipinski definition) is 2. The summed E-state index contributed by atoms with van der Waals surface area (Å²) >= 11 is 0. The van der Waals surface area contributed by atoms with Gasteiger partial charge in [0.25, 0.3) is 0 Å². The predicted octanol–water partition coefficient (Wildman–Crippen LogP) is 1.89. The molecule has 0 saturated heterocycles. The molecule has 1 aromatic rings. The normalized spacial score (nSPS) is 12.0. The zero-order valence-electron chi connectivity index (χ0n) is 8.33. The summed E-state index contributed by atoms with van der Waals surface area (Å²) in [6.07, 6.45) is 6.23. The van der Waals surface area contributed by atoms with Crippen LogP contribution in [0, 0.1) is 12.3 Å². The van der Waals surface area contributed by atoms with Crippen molar-refractivity contribution in [1.29, 1.82) is 0 Å². The first-order valence-electron chi connectivity index (χ1n) is 4.73. The lowest BCUT2D eigenvalue weighted by molar-refractivity contribution is 0.473. The minimum absolute atomic E-state index is 0.109.